The number of amides is 2. The minimum Gasteiger partial charge on any atom is -0.372 e. The first-order valence-corrected chi connectivity index (χ1v) is 7.25. The molecule has 0 spiro atoms. The third kappa shape index (κ3) is 3.33. The molecule has 2 aliphatic heterocycles. The van der Waals surface area contributed by atoms with Crippen LogP contribution in [0.3, 0.4) is 0 Å². The van der Waals surface area contributed by atoms with E-state index in [0.717, 1.165) is 18.8 Å². The molecule has 2 amide bonds. The fourth-order valence-electron chi connectivity index (χ4n) is 2.65. The zero-order chi connectivity index (χ0) is 14.7. The Labute approximate surface area is 123 Å². The highest BCUT2D eigenvalue weighted by atomic mass is 16.5. The molecule has 0 saturated carbocycles. The molecule has 21 heavy (non-hydrogen) atoms. The molecule has 0 bridgehead atoms. The van der Waals surface area contributed by atoms with Gasteiger partial charge in [-0.05, 0) is 37.1 Å². The number of benzene rings is 1. The summed E-state index contributed by atoms with van der Waals surface area (Å²) in [4.78, 5) is 25.6. The predicted octanol–water partition coefficient (Wildman–Crippen LogP) is 0.740. The Bertz CT molecular complexity index is 523. The maximum absolute atomic E-state index is 12.0. The van der Waals surface area contributed by atoms with Gasteiger partial charge >= 0.3 is 0 Å². The molecule has 2 aliphatic rings. The van der Waals surface area contributed by atoms with E-state index in [-0.39, 0.29) is 25.0 Å². The van der Waals surface area contributed by atoms with E-state index in [1.807, 2.05) is 24.3 Å². The normalized spacial score (nSPS) is 22.0. The molecule has 2 saturated heterocycles. The van der Waals surface area contributed by atoms with Crippen LogP contribution in [0.2, 0.25) is 0 Å². The van der Waals surface area contributed by atoms with E-state index < -0.39 is 6.04 Å². The van der Waals surface area contributed by atoms with Crippen molar-refractivity contribution in [1.82, 2.24) is 5.32 Å². The van der Waals surface area contributed by atoms with Crippen molar-refractivity contribution >= 4 is 23.2 Å². The molecule has 1 aromatic rings. The number of hydrogen-bond donors (Lipinski definition) is 2. The Balaban J connectivity index is 1.59. The van der Waals surface area contributed by atoms with Crippen LogP contribution in [0.15, 0.2) is 24.3 Å². The first-order chi connectivity index (χ1) is 10.2. The van der Waals surface area contributed by atoms with Gasteiger partial charge in [0, 0.05) is 24.5 Å². The molecule has 1 atom stereocenters. The number of morpholine rings is 1. The number of hydrogen-bond acceptors (Lipinski definition) is 4. The summed E-state index contributed by atoms with van der Waals surface area (Å²) in [6, 6.07) is 7.17. The minimum absolute atomic E-state index is 0.0221. The summed E-state index contributed by atoms with van der Waals surface area (Å²) in [5.74, 6) is -0.511. The van der Waals surface area contributed by atoms with Gasteiger partial charge in [-0.25, -0.2) is 0 Å². The summed E-state index contributed by atoms with van der Waals surface area (Å²) < 4.78 is 5.06. The maximum Gasteiger partial charge on any atom is 0.249 e. The molecule has 2 heterocycles. The van der Waals surface area contributed by atoms with Gasteiger partial charge in [0.05, 0.1) is 6.61 Å². The summed E-state index contributed by atoms with van der Waals surface area (Å²) in [5, 5.41) is 5.41. The lowest BCUT2D eigenvalue weighted by Gasteiger charge is -2.23. The van der Waals surface area contributed by atoms with Gasteiger partial charge in [-0.15, -0.1) is 0 Å². The largest absolute Gasteiger partial charge is 0.372 e. The van der Waals surface area contributed by atoms with Crippen molar-refractivity contribution in [3.63, 3.8) is 0 Å². The molecular formula is C15H19N3O3. The van der Waals surface area contributed by atoms with Gasteiger partial charge in [0.25, 0.3) is 0 Å². The Kier molecular flexibility index (Phi) is 4.06. The van der Waals surface area contributed by atoms with Gasteiger partial charge in [0.2, 0.25) is 11.8 Å². The van der Waals surface area contributed by atoms with E-state index in [0.29, 0.717) is 0 Å². The van der Waals surface area contributed by atoms with Crippen LogP contribution in [0.4, 0.5) is 11.4 Å². The molecule has 0 aliphatic carbocycles. The number of rotatable bonds is 3. The Morgan fingerprint density at radius 1 is 1.24 bits per heavy atom. The maximum atomic E-state index is 12.0. The summed E-state index contributed by atoms with van der Waals surface area (Å²) in [6.45, 7) is 2.42. The molecule has 1 aromatic carbocycles. The Morgan fingerprint density at radius 2 is 1.95 bits per heavy atom. The van der Waals surface area contributed by atoms with Crippen molar-refractivity contribution in [2.75, 3.05) is 36.5 Å². The summed E-state index contributed by atoms with van der Waals surface area (Å²) in [6.07, 6.45) is 2.47. The average Bonchev–Trinajstić information content (AvgIpc) is 3.02. The lowest BCUT2D eigenvalue weighted by atomic mass is 10.2. The van der Waals surface area contributed by atoms with Crippen LogP contribution >= 0.6 is 0 Å². The Morgan fingerprint density at radius 3 is 2.62 bits per heavy atom. The predicted molar refractivity (Wildman–Crippen MR) is 79.3 cm³/mol. The first-order valence-electron chi connectivity index (χ1n) is 7.25. The smallest absolute Gasteiger partial charge is 0.249 e. The number of carbonyl (C=O) groups is 2. The SMILES string of the molecule is O=C1COCC(C(=O)Nc2ccc(N3CCCC3)cc2)N1. The van der Waals surface area contributed by atoms with Crippen LogP contribution in [0.5, 0.6) is 0 Å². The molecule has 1 unspecified atom stereocenters. The fraction of sp³-hybridized carbons (Fsp3) is 0.467. The number of ether oxygens (including phenoxy) is 1. The van der Waals surface area contributed by atoms with Crippen LogP contribution < -0.4 is 15.5 Å². The van der Waals surface area contributed by atoms with E-state index in [4.69, 9.17) is 4.74 Å². The van der Waals surface area contributed by atoms with Crippen molar-refractivity contribution in [2.45, 2.75) is 18.9 Å². The average molecular weight is 289 g/mol. The van der Waals surface area contributed by atoms with Gasteiger partial charge in [-0.1, -0.05) is 0 Å². The van der Waals surface area contributed by atoms with Gasteiger partial charge in [-0.2, -0.15) is 0 Å². The first kappa shape index (κ1) is 13.9. The second-order valence-corrected chi connectivity index (χ2v) is 5.37. The molecule has 6 nitrogen and oxygen atoms in total. The molecule has 0 radical (unpaired) electrons. The molecule has 2 fully saturated rings. The van der Waals surface area contributed by atoms with Gasteiger partial charge in [0.1, 0.15) is 12.6 Å². The second kappa shape index (κ2) is 6.13. The van der Waals surface area contributed by atoms with Gasteiger partial charge in [0.15, 0.2) is 0 Å². The van der Waals surface area contributed by atoms with Crippen LogP contribution in [-0.4, -0.2) is 44.2 Å². The highest BCUT2D eigenvalue weighted by Gasteiger charge is 2.25. The standard InChI is InChI=1S/C15H19N3O3/c19-14-10-21-9-13(17-14)15(20)16-11-3-5-12(6-4-11)18-7-1-2-8-18/h3-6,13H,1-2,7-10H2,(H,16,20)(H,17,19). The molecule has 3 rings (SSSR count). The lowest BCUT2D eigenvalue weighted by molar-refractivity contribution is -0.136. The van der Waals surface area contributed by atoms with E-state index in [1.54, 1.807) is 0 Å². The molecular weight excluding hydrogens is 270 g/mol. The van der Waals surface area contributed by atoms with Crippen molar-refractivity contribution in [3.05, 3.63) is 24.3 Å². The zero-order valence-corrected chi connectivity index (χ0v) is 11.8. The molecule has 6 heteroatoms. The van der Waals surface area contributed by atoms with Gasteiger partial charge in [-0.3, -0.25) is 9.59 Å². The van der Waals surface area contributed by atoms with E-state index in [9.17, 15) is 9.59 Å². The van der Waals surface area contributed by atoms with E-state index in [2.05, 4.69) is 15.5 Å². The monoisotopic (exact) mass is 289 g/mol. The number of carbonyl (C=O) groups excluding carboxylic acids is 2. The molecule has 112 valence electrons. The van der Waals surface area contributed by atoms with Gasteiger partial charge < -0.3 is 20.3 Å². The number of anilines is 2. The number of nitrogens with one attached hydrogen (secondary N) is 2. The van der Waals surface area contributed by atoms with Crippen LogP contribution in [0, 0.1) is 0 Å². The van der Waals surface area contributed by atoms with E-state index >= 15 is 0 Å². The topological polar surface area (TPSA) is 70.7 Å². The quantitative estimate of drug-likeness (QED) is 0.861. The van der Waals surface area contributed by atoms with E-state index in [1.165, 1.54) is 18.5 Å². The summed E-state index contributed by atoms with van der Waals surface area (Å²) in [5.41, 5.74) is 1.91. The highest BCUT2D eigenvalue weighted by Crippen LogP contribution is 2.22. The number of nitrogens with zero attached hydrogens (tertiary/aromatic N) is 1. The Hall–Kier alpha value is -2.08. The van der Waals surface area contributed by atoms with Crippen LogP contribution in [0.1, 0.15) is 12.8 Å². The van der Waals surface area contributed by atoms with Crippen molar-refractivity contribution in [2.24, 2.45) is 0 Å². The molecule has 0 aromatic heterocycles. The van der Waals surface area contributed by atoms with Crippen LogP contribution in [-0.2, 0) is 14.3 Å². The van der Waals surface area contributed by atoms with Crippen molar-refractivity contribution in [3.8, 4) is 0 Å². The zero-order valence-electron chi connectivity index (χ0n) is 11.8. The third-order valence-corrected chi connectivity index (χ3v) is 3.78. The second-order valence-electron chi connectivity index (χ2n) is 5.37. The third-order valence-electron chi connectivity index (χ3n) is 3.78. The van der Waals surface area contributed by atoms with Crippen molar-refractivity contribution < 1.29 is 14.3 Å². The summed E-state index contributed by atoms with van der Waals surface area (Å²) in [7, 11) is 0. The van der Waals surface area contributed by atoms with Crippen molar-refractivity contribution in [1.29, 1.82) is 0 Å². The highest BCUT2D eigenvalue weighted by molar-refractivity contribution is 5.98. The molecule has 2 N–H and O–H groups in total. The fourth-order valence-corrected chi connectivity index (χ4v) is 2.65. The minimum atomic E-state index is -0.621. The lowest BCUT2D eigenvalue weighted by Crippen LogP contribution is -2.51. The summed E-state index contributed by atoms with van der Waals surface area (Å²) >= 11 is 0. The van der Waals surface area contributed by atoms with Crippen LogP contribution in [0.25, 0.3) is 0 Å².